The van der Waals surface area contributed by atoms with Crippen LogP contribution in [-0.4, -0.2) is 43.2 Å². The number of ether oxygens (including phenoxy) is 2. The van der Waals surface area contributed by atoms with E-state index < -0.39 is 0 Å². The number of amides is 1. The zero-order valence-corrected chi connectivity index (χ0v) is 19.7. The second-order valence-corrected chi connectivity index (χ2v) is 8.89. The first-order chi connectivity index (χ1) is 16.2. The minimum Gasteiger partial charge on any atom is -0.497 e. The van der Waals surface area contributed by atoms with E-state index in [-0.39, 0.29) is 11.8 Å². The zero-order valence-electron chi connectivity index (χ0n) is 18.9. The van der Waals surface area contributed by atoms with E-state index >= 15 is 0 Å². The fraction of sp³-hybridized carbons (Fsp3) is 0.320. The van der Waals surface area contributed by atoms with Crippen molar-refractivity contribution in [2.75, 3.05) is 32.2 Å². The number of methoxy groups -OCH3 is 2. The molecule has 1 aliphatic heterocycles. The number of carbonyl (C=O) groups excluding carboxylic acids is 1. The second kappa shape index (κ2) is 11.0. The normalized spacial score (nSPS) is 15.7. The lowest BCUT2D eigenvalue weighted by molar-refractivity contribution is -0.125. The molecule has 0 saturated carbocycles. The van der Waals surface area contributed by atoms with Crippen LogP contribution in [0, 0.1) is 5.92 Å². The van der Waals surface area contributed by atoms with Gasteiger partial charge < -0.3 is 19.7 Å². The first kappa shape index (κ1) is 22.9. The number of carbonyl (C=O) groups is 1. The van der Waals surface area contributed by atoms with Crippen molar-refractivity contribution in [2.24, 2.45) is 5.92 Å². The van der Waals surface area contributed by atoms with E-state index in [1.807, 2.05) is 36.4 Å². The van der Waals surface area contributed by atoms with Crippen molar-refractivity contribution >= 4 is 23.5 Å². The first-order valence-corrected chi connectivity index (χ1v) is 11.8. The van der Waals surface area contributed by atoms with Crippen molar-refractivity contribution in [3.05, 3.63) is 66.5 Å². The van der Waals surface area contributed by atoms with Gasteiger partial charge in [-0.15, -0.1) is 0 Å². The van der Waals surface area contributed by atoms with Crippen molar-refractivity contribution < 1.29 is 14.3 Å². The molecule has 0 spiro atoms. The van der Waals surface area contributed by atoms with E-state index in [1.54, 1.807) is 38.4 Å². The molecule has 0 radical (unpaired) electrons. The molecule has 0 unspecified atom stereocenters. The highest BCUT2D eigenvalue weighted by Crippen LogP contribution is 2.34. The molecule has 172 valence electrons. The highest BCUT2D eigenvalue weighted by atomic mass is 32.2. The molecule has 1 aromatic heterocycles. The van der Waals surface area contributed by atoms with Crippen LogP contribution in [0.1, 0.15) is 18.4 Å². The third kappa shape index (κ3) is 5.96. The van der Waals surface area contributed by atoms with Crippen LogP contribution in [0.25, 0.3) is 0 Å². The van der Waals surface area contributed by atoms with Gasteiger partial charge >= 0.3 is 0 Å². The maximum atomic E-state index is 13.0. The van der Waals surface area contributed by atoms with Gasteiger partial charge in [0.05, 0.1) is 20.1 Å². The molecule has 0 bridgehead atoms. The van der Waals surface area contributed by atoms with Crippen molar-refractivity contribution in [3.63, 3.8) is 0 Å². The van der Waals surface area contributed by atoms with Gasteiger partial charge in [0.15, 0.2) is 5.82 Å². The van der Waals surface area contributed by atoms with E-state index in [0.717, 1.165) is 40.7 Å². The van der Waals surface area contributed by atoms with Crippen molar-refractivity contribution in [1.82, 2.24) is 15.3 Å². The molecule has 3 aromatic rings. The Hall–Kier alpha value is -3.26. The van der Waals surface area contributed by atoms with E-state index in [4.69, 9.17) is 9.47 Å². The van der Waals surface area contributed by atoms with Crippen LogP contribution in [-0.2, 0) is 11.3 Å². The minimum atomic E-state index is -0.108. The summed E-state index contributed by atoms with van der Waals surface area (Å²) < 4.78 is 10.6. The average Bonchev–Trinajstić information content (AvgIpc) is 2.88. The molecule has 1 N–H and O–H groups in total. The van der Waals surface area contributed by atoms with Crippen LogP contribution in [0.15, 0.2) is 70.8 Å². The maximum absolute atomic E-state index is 13.0. The molecule has 1 aliphatic rings. The van der Waals surface area contributed by atoms with E-state index in [1.165, 1.54) is 0 Å². The average molecular weight is 465 g/mol. The number of aromatic nitrogens is 2. The number of piperidine rings is 1. The summed E-state index contributed by atoms with van der Waals surface area (Å²) in [5.74, 6) is 2.17. The van der Waals surface area contributed by atoms with Crippen LogP contribution in [0.4, 0.5) is 5.82 Å². The summed E-state index contributed by atoms with van der Waals surface area (Å²) in [5, 5.41) is 3.93. The molecule has 0 aliphatic carbocycles. The number of hydrogen-bond acceptors (Lipinski definition) is 7. The quantitative estimate of drug-likeness (QED) is 0.536. The fourth-order valence-corrected chi connectivity index (χ4v) is 4.80. The highest BCUT2D eigenvalue weighted by molar-refractivity contribution is 7.99. The Morgan fingerprint density at radius 2 is 1.82 bits per heavy atom. The van der Waals surface area contributed by atoms with Gasteiger partial charge in [0.2, 0.25) is 5.91 Å². The molecule has 2 aromatic carbocycles. The topological polar surface area (TPSA) is 76.6 Å². The van der Waals surface area contributed by atoms with Crippen LogP contribution >= 0.6 is 11.8 Å². The predicted molar refractivity (Wildman–Crippen MR) is 129 cm³/mol. The van der Waals surface area contributed by atoms with Gasteiger partial charge in [0.25, 0.3) is 0 Å². The first-order valence-electron chi connectivity index (χ1n) is 10.9. The highest BCUT2D eigenvalue weighted by Gasteiger charge is 2.28. The largest absolute Gasteiger partial charge is 0.497 e. The summed E-state index contributed by atoms with van der Waals surface area (Å²) in [6.07, 6.45) is 5.21. The number of hydrogen-bond donors (Lipinski definition) is 1. The molecule has 4 rings (SSSR count). The lowest BCUT2D eigenvalue weighted by Crippen LogP contribution is -2.43. The van der Waals surface area contributed by atoms with Gasteiger partial charge in [-0.1, -0.05) is 30.0 Å². The summed E-state index contributed by atoms with van der Waals surface area (Å²) in [7, 11) is 3.23. The third-order valence-electron chi connectivity index (χ3n) is 5.57. The Balaban J connectivity index is 1.41. The summed E-state index contributed by atoms with van der Waals surface area (Å²) in [4.78, 5) is 25.5. The van der Waals surface area contributed by atoms with Crippen LogP contribution in [0.3, 0.4) is 0 Å². The number of benzene rings is 2. The Labute approximate surface area is 198 Å². The predicted octanol–water partition coefficient (Wildman–Crippen LogP) is 4.18. The Morgan fingerprint density at radius 1 is 1.09 bits per heavy atom. The lowest BCUT2D eigenvalue weighted by atomic mass is 9.97. The zero-order chi connectivity index (χ0) is 23.0. The second-order valence-electron chi connectivity index (χ2n) is 7.82. The van der Waals surface area contributed by atoms with Crippen molar-refractivity contribution in [3.8, 4) is 11.5 Å². The Kier molecular flexibility index (Phi) is 7.67. The molecule has 33 heavy (non-hydrogen) atoms. The SMILES string of the molecule is COc1cc(CNC(=O)[C@H]2CCCN(c3nccnc3Sc3ccccc3)C2)cc(OC)c1. The minimum absolute atomic E-state index is 0.0441. The number of rotatable bonds is 8. The molecular weight excluding hydrogens is 436 g/mol. The summed E-state index contributed by atoms with van der Waals surface area (Å²) in [5.41, 5.74) is 0.933. The Bertz CT molecular complexity index is 1060. The number of anilines is 1. The van der Waals surface area contributed by atoms with Gasteiger partial charge in [-0.25, -0.2) is 9.97 Å². The van der Waals surface area contributed by atoms with Crippen LogP contribution in [0.2, 0.25) is 0 Å². The number of nitrogens with zero attached hydrogens (tertiary/aromatic N) is 3. The van der Waals surface area contributed by atoms with Gasteiger partial charge in [-0.3, -0.25) is 4.79 Å². The van der Waals surface area contributed by atoms with Crippen LogP contribution in [0.5, 0.6) is 11.5 Å². The molecule has 7 nitrogen and oxygen atoms in total. The van der Waals surface area contributed by atoms with Gasteiger partial charge in [-0.2, -0.15) is 0 Å². The van der Waals surface area contributed by atoms with Crippen molar-refractivity contribution in [1.29, 1.82) is 0 Å². The number of nitrogens with one attached hydrogen (secondary N) is 1. The summed E-state index contributed by atoms with van der Waals surface area (Å²) in [6, 6.07) is 15.8. The van der Waals surface area contributed by atoms with Crippen LogP contribution < -0.4 is 19.7 Å². The third-order valence-corrected chi connectivity index (χ3v) is 6.56. The standard InChI is InChI=1S/C25H28N4O3S/c1-31-20-13-18(14-21(15-20)32-2)16-28-24(30)19-7-6-12-29(17-19)23-25(27-11-10-26-23)33-22-8-4-3-5-9-22/h3-5,8-11,13-15,19H,6-7,12,16-17H2,1-2H3,(H,28,30)/t19-/m0/s1. The molecule has 1 atom stereocenters. The summed E-state index contributed by atoms with van der Waals surface area (Å²) in [6.45, 7) is 1.90. The summed E-state index contributed by atoms with van der Waals surface area (Å²) >= 11 is 1.59. The van der Waals surface area contributed by atoms with Gasteiger partial charge in [-0.05, 0) is 42.7 Å². The van der Waals surface area contributed by atoms with Gasteiger partial charge in [0, 0.05) is 43.0 Å². The van der Waals surface area contributed by atoms with Gasteiger partial charge in [0.1, 0.15) is 16.5 Å². The van der Waals surface area contributed by atoms with E-state index in [9.17, 15) is 4.79 Å². The van der Waals surface area contributed by atoms with Crippen molar-refractivity contribution in [2.45, 2.75) is 29.3 Å². The maximum Gasteiger partial charge on any atom is 0.225 e. The Morgan fingerprint density at radius 3 is 2.55 bits per heavy atom. The monoisotopic (exact) mass is 464 g/mol. The molecule has 1 fully saturated rings. The molecular formula is C25H28N4O3S. The molecule has 8 heteroatoms. The smallest absolute Gasteiger partial charge is 0.225 e. The molecule has 1 saturated heterocycles. The molecule has 2 heterocycles. The van der Waals surface area contributed by atoms with E-state index in [0.29, 0.717) is 24.6 Å². The molecule has 1 amide bonds. The lowest BCUT2D eigenvalue weighted by Gasteiger charge is -2.33. The van der Waals surface area contributed by atoms with E-state index in [2.05, 4.69) is 32.3 Å². The fourth-order valence-electron chi connectivity index (χ4n) is 3.89.